The van der Waals surface area contributed by atoms with Crippen LogP contribution in [0.4, 0.5) is 0 Å². The van der Waals surface area contributed by atoms with Gasteiger partial charge >= 0.3 is 0 Å². The maximum absolute atomic E-state index is 13.3. The van der Waals surface area contributed by atoms with Crippen molar-refractivity contribution in [3.05, 3.63) is 107 Å². The van der Waals surface area contributed by atoms with Gasteiger partial charge in [0.15, 0.2) is 0 Å². The van der Waals surface area contributed by atoms with Crippen LogP contribution in [0.15, 0.2) is 90.0 Å². The fraction of sp³-hybridized carbons (Fsp3) is 0.138. The first-order valence-corrected chi connectivity index (χ1v) is 12.9. The van der Waals surface area contributed by atoms with Crippen LogP contribution in [-0.4, -0.2) is 38.6 Å². The van der Waals surface area contributed by atoms with Gasteiger partial charge < -0.3 is 4.74 Å². The van der Waals surface area contributed by atoms with Crippen LogP contribution < -0.4 is 4.74 Å². The lowest BCUT2D eigenvalue weighted by Crippen LogP contribution is -2.30. The van der Waals surface area contributed by atoms with Gasteiger partial charge in [0, 0.05) is 23.9 Å². The van der Waals surface area contributed by atoms with Crippen molar-refractivity contribution in [3.63, 3.8) is 0 Å². The Bertz CT molecular complexity index is 1450. The third-order valence-electron chi connectivity index (χ3n) is 6.08. The Kier molecular flexibility index (Phi) is 7.02. The Morgan fingerprint density at radius 3 is 2.44 bits per heavy atom. The van der Waals surface area contributed by atoms with Crippen LogP contribution in [0, 0.1) is 6.92 Å². The Morgan fingerprint density at radius 1 is 1.03 bits per heavy atom. The number of para-hydroxylation sites is 1. The van der Waals surface area contributed by atoms with Gasteiger partial charge in [-0.15, -0.1) is 0 Å². The molecular weight excluding hydrogens is 486 g/mol. The van der Waals surface area contributed by atoms with Gasteiger partial charge in [0.05, 0.1) is 17.7 Å². The largest absolute Gasteiger partial charge is 0.497 e. The molecule has 0 bridgehead atoms. The molecule has 3 aromatic carbocycles. The summed E-state index contributed by atoms with van der Waals surface area (Å²) < 4.78 is 7.82. The van der Waals surface area contributed by atoms with Crippen molar-refractivity contribution in [2.45, 2.75) is 13.3 Å². The number of ether oxygens (including phenoxy) is 1. The molecule has 5 nitrogen and oxygen atoms in total. The minimum Gasteiger partial charge on any atom is -0.497 e. The van der Waals surface area contributed by atoms with Gasteiger partial charge in [0.2, 0.25) is 0 Å². The molecule has 1 amide bonds. The van der Waals surface area contributed by atoms with Gasteiger partial charge in [0.1, 0.15) is 15.8 Å². The SMILES string of the molecule is COc1ccc(-c2nn(-c3ccccc3)cc2/C=C2\SC(=S)N(CCc3ccccc3)C2=O)c(C)c1. The topological polar surface area (TPSA) is 47.4 Å². The van der Waals surface area contributed by atoms with Gasteiger partial charge in [-0.3, -0.25) is 9.69 Å². The van der Waals surface area contributed by atoms with Crippen molar-refractivity contribution < 1.29 is 9.53 Å². The number of hydrogen-bond acceptors (Lipinski definition) is 5. The number of nitrogens with zero attached hydrogens (tertiary/aromatic N) is 3. The molecule has 1 aliphatic rings. The summed E-state index contributed by atoms with van der Waals surface area (Å²) in [5, 5.41) is 4.91. The number of methoxy groups -OCH3 is 1. The maximum Gasteiger partial charge on any atom is 0.266 e. The molecule has 7 heteroatoms. The number of carbonyl (C=O) groups is 1. The van der Waals surface area contributed by atoms with Gasteiger partial charge in [0.25, 0.3) is 5.91 Å². The molecule has 1 saturated heterocycles. The van der Waals surface area contributed by atoms with Crippen molar-refractivity contribution >= 4 is 40.3 Å². The number of carbonyl (C=O) groups excluding carboxylic acids is 1. The summed E-state index contributed by atoms with van der Waals surface area (Å²) >= 11 is 6.92. The van der Waals surface area contributed by atoms with E-state index in [-0.39, 0.29) is 5.91 Å². The maximum atomic E-state index is 13.3. The molecule has 0 aliphatic carbocycles. The smallest absolute Gasteiger partial charge is 0.266 e. The lowest BCUT2D eigenvalue weighted by Gasteiger charge is -2.14. The predicted molar refractivity (Wildman–Crippen MR) is 150 cm³/mol. The summed E-state index contributed by atoms with van der Waals surface area (Å²) in [6.45, 7) is 2.59. The zero-order chi connectivity index (χ0) is 25.1. The number of aromatic nitrogens is 2. The van der Waals surface area contributed by atoms with Crippen LogP contribution in [-0.2, 0) is 11.2 Å². The van der Waals surface area contributed by atoms with Crippen molar-refractivity contribution in [3.8, 4) is 22.7 Å². The van der Waals surface area contributed by atoms with Crippen LogP contribution in [0.2, 0.25) is 0 Å². The normalized spacial score (nSPS) is 14.6. The zero-order valence-corrected chi connectivity index (χ0v) is 21.7. The molecule has 1 aliphatic heterocycles. The second kappa shape index (κ2) is 10.5. The Balaban J connectivity index is 1.50. The third kappa shape index (κ3) is 4.98. The van der Waals surface area contributed by atoms with E-state index in [1.54, 1.807) is 12.0 Å². The molecular formula is C29H25N3O2S2. The molecule has 1 aromatic heterocycles. The molecule has 1 fully saturated rings. The standard InChI is InChI=1S/C29H25N3O2S2/c1-20-17-24(34-2)13-14-25(20)27-22(19-32(30-27)23-11-7-4-8-12-23)18-26-28(33)31(29(35)36-26)16-15-21-9-5-3-6-10-21/h3-14,17-19H,15-16H2,1-2H3/b26-18-. The molecule has 0 saturated carbocycles. The predicted octanol–water partition coefficient (Wildman–Crippen LogP) is 6.30. The van der Waals surface area contributed by atoms with Gasteiger partial charge in [-0.05, 0) is 60.9 Å². The summed E-state index contributed by atoms with van der Waals surface area (Å²) in [5.74, 6) is 0.727. The molecule has 0 radical (unpaired) electrons. The molecule has 0 N–H and O–H groups in total. The number of amides is 1. The van der Waals surface area contributed by atoms with E-state index in [0.717, 1.165) is 40.2 Å². The molecule has 36 heavy (non-hydrogen) atoms. The Labute approximate surface area is 220 Å². The molecule has 5 rings (SSSR count). The molecule has 0 unspecified atom stereocenters. The first-order valence-electron chi connectivity index (χ1n) is 11.6. The highest BCUT2D eigenvalue weighted by molar-refractivity contribution is 8.26. The highest BCUT2D eigenvalue weighted by Gasteiger charge is 2.32. The lowest BCUT2D eigenvalue weighted by molar-refractivity contribution is -0.122. The number of benzene rings is 3. The van der Waals surface area contributed by atoms with E-state index in [2.05, 4.69) is 12.1 Å². The summed E-state index contributed by atoms with van der Waals surface area (Å²) in [6, 6.07) is 26.0. The van der Waals surface area contributed by atoms with Gasteiger partial charge in [-0.25, -0.2) is 4.68 Å². The molecule has 0 spiro atoms. The van der Waals surface area contributed by atoms with E-state index in [1.807, 2.05) is 90.6 Å². The van der Waals surface area contributed by atoms with E-state index in [4.69, 9.17) is 22.1 Å². The van der Waals surface area contributed by atoms with E-state index >= 15 is 0 Å². The highest BCUT2D eigenvalue weighted by atomic mass is 32.2. The second-order valence-corrected chi connectivity index (χ2v) is 10.1. The fourth-order valence-electron chi connectivity index (χ4n) is 4.16. The number of aryl methyl sites for hydroxylation is 1. The fourth-order valence-corrected chi connectivity index (χ4v) is 5.46. The monoisotopic (exact) mass is 511 g/mol. The van der Waals surface area contributed by atoms with Crippen LogP contribution >= 0.6 is 24.0 Å². The number of thioether (sulfide) groups is 1. The van der Waals surface area contributed by atoms with Crippen LogP contribution in [0.3, 0.4) is 0 Å². The summed E-state index contributed by atoms with van der Waals surface area (Å²) in [5.41, 5.74) is 5.80. The van der Waals surface area contributed by atoms with Crippen LogP contribution in [0.1, 0.15) is 16.7 Å². The number of thiocarbonyl (C=S) groups is 1. The minimum atomic E-state index is -0.0641. The summed E-state index contributed by atoms with van der Waals surface area (Å²) in [6.07, 6.45) is 4.63. The van der Waals surface area contributed by atoms with Gasteiger partial charge in [-0.2, -0.15) is 5.10 Å². The molecule has 0 atom stereocenters. The summed E-state index contributed by atoms with van der Waals surface area (Å²) in [7, 11) is 1.66. The minimum absolute atomic E-state index is 0.0641. The van der Waals surface area contributed by atoms with Crippen molar-refractivity contribution in [2.75, 3.05) is 13.7 Å². The number of rotatable bonds is 7. The van der Waals surface area contributed by atoms with Crippen molar-refractivity contribution in [1.29, 1.82) is 0 Å². The van der Waals surface area contributed by atoms with E-state index in [1.165, 1.54) is 17.3 Å². The van der Waals surface area contributed by atoms with Crippen LogP contribution in [0.5, 0.6) is 5.75 Å². The van der Waals surface area contributed by atoms with E-state index < -0.39 is 0 Å². The molecule has 180 valence electrons. The number of hydrogen-bond donors (Lipinski definition) is 0. The Morgan fingerprint density at radius 2 is 1.75 bits per heavy atom. The first-order chi connectivity index (χ1) is 17.5. The average Bonchev–Trinajstić information content (AvgIpc) is 3.44. The molecule has 4 aromatic rings. The Hall–Kier alpha value is -3.68. The van der Waals surface area contributed by atoms with Gasteiger partial charge in [-0.1, -0.05) is 72.5 Å². The summed E-state index contributed by atoms with van der Waals surface area (Å²) in [4.78, 5) is 15.6. The third-order valence-corrected chi connectivity index (χ3v) is 7.46. The van der Waals surface area contributed by atoms with E-state index in [9.17, 15) is 4.79 Å². The van der Waals surface area contributed by atoms with Crippen molar-refractivity contribution in [2.24, 2.45) is 0 Å². The quantitative estimate of drug-likeness (QED) is 0.215. The average molecular weight is 512 g/mol. The van der Waals surface area contributed by atoms with E-state index in [0.29, 0.717) is 15.8 Å². The first kappa shape index (κ1) is 24.0. The second-order valence-electron chi connectivity index (χ2n) is 8.46. The van der Waals surface area contributed by atoms with Crippen molar-refractivity contribution in [1.82, 2.24) is 14.7 Å². The zero-order valence-electron chi connectivity index (χ0n) is 20.0. The van der Waals surface area contributed by atoms with Crippen LogP contribution in [0.25, 0.3) is 23.0 Å². The lowest BCUT2D eigenvalue weighted by atomic mass is 10.0. The highest BCUT2D eigenvalue weighted by Crippen LogP contribution is 2.36. The molecule has 2 heterocycles.